The highest BCUT2D eigenvalue weighted by atomic mass is 19.1. The Bertz CT molecular complexity index is 531. The second-order valence-corrected chi connectivity index (χ2v) is 3.45. The topological polar surface area (TPSA) is 47.8 Å². The number of hydrogen-bond donors (Lipinski definition) is 0. The van der Waals surface area contributed by atoms with Crippen LogP contribution in [0, 0.1) is 12.9 Å². The van der Waals surface area contributed by atoms with Gasteiger partial charge in [0.2, 0.25) is 5.95 Å². The van der Waals surface area contributed by atoms with E-state index in [1.807, 2.05) is 0 Å². The van der Waals surface area contributed by atoms with Gasteiger partial charge in [-0.05, 0) is 26.0 Å². The minimum Gasteiger partial charge on any atom is -0.294 e. The molecule has 82 valence electrons. The van der Waals surface area contributed by atoms with Crippen molar-refractivity contribution in [3.05, 3.63) is 41.7 Å². The quantitative estimate of drug-likeness (QED) is 0.572. The van der Waals surface area contributed by atoms with Crippen LogP contribution < -0.4 is 0 Å². The van der Waals surface area contributed by atoms with Crippen molar-refractivity contribution in [2.75, 3.05) is 0 Å². The molecule has 2 heterocycles. The predicted octanol–water partition coefficient (Wildman–Crippen LogP) is 1.92. The highest BCUT2D eigenvalue weighted by Gasteiger charge is 2.11. The maximum Gasteiger partial charge on any atom is 0.212 e. The van der Waals surface area contributed by atoms with Crippen LogP contribution in [0.15, 0.2) is 24.5 Å². The van der Waals surface area contributed by atoms with Crippen LogP contribution in [-0.2, 0) is 0 Å². The number of Topliss-reactive ketones (excluding diaryl/α,β-unsaturated/α-hetero) is 1. The van der Waals surface area contributed by atoms with Crippen molar-refractivity contribution < 1.29 is 9.18 Å². The van der Waals surface area contributed by atoms with Crippen LogP contribution in [0.3, 0.4) is 0 Å². The molecule has 0 aliphatic carbocycles. The van der Waals surface area contributed by atoms with Crippen LogP contribution in [0.1, 0.15) is 23.0 Å². The predicted molar refractivity (Wildman–Crippen MR) is 56.1 cm³/mol. The van der Waals surface area contributed by atoms with Crippen molar-refractivity contribution in [2.24, 2.45) is 0 Å². The Labute approximate surface area is 91.7 Å². The number of pyridine rings is 1. The van der Waals surface area contributed by atoms with Crippen molar-refractivity contribution in [3.63, 3.8) is 0 Å². The van der Waals surface area contributed by atoms with E-state index in [4.69, 9.17) is 0 Å². The second kappa shape index (κ2) is 3.84. The maximum atomic E-state index is 12.6. The van der Waals surface area contributed by atoms with Crippen LogP contribution >= 0.6 is 0 Å². The van der Waals surface area contributed by atoms with Crippen molar-refractivity contribution in [1.29, 1.82) is 0 Å². The molecule has 2 aromatic rings. The molecule has 0 amide bonds. The molecule has 0 saturated carbocycles. The molecule has 4 nitrogen and oxygen atoms in total. The maximum absolute atomic E-state index is 12.6. The van der Waals surface area contributed by atoms with Crippen LogP contribution in [0.2, 0.25) is 0 Å². The summed E-state index contributed by atoms with van der Waals surface area (Å²) in [5.74, 6) is -0.584. The number of halogens is 1. The summed E-state index contributed by atoms with van der Waals surface area (Å²) in [6, 6.07) is 2.82. The summed E-state index contributed by atoms with van der Waals surface area (Å²) in [6.07, 6.45) is 2.88. The van der Waals surface area contributed by atoms with Gasteiger partial charge in [0.15, 0.2) is 5.78 Å². The Morgan fingerprint density at radius 3 is 2.62 bits per heavy atom. The lowest BCUT2D eigenvalue weighted by Gasteiger charge is -2.03. The van der Waals surface area contributed by atoms with Gasteiger partial charge in [-0.3, -0.25) is 4.79 Å². The van der Waals surface area contributed by atoms with Gasteiger partial charge in [-0.2, -0.15) is 9.49 Å². The Hall–Kier alpha value is -2.04. The number of hydrogen-bond acceptors (Lipinski definition) is 3. The van der Waals surface area contributed by atoms with E-state index < -0.39 is 5.95 Å². The highest BCUT2D eigenvalue weighted by Crippen LogP contribution is 2.13. The lowest BCUT2D eigenvalue weighted by molar-refractivity contribution is 0.101. The second-order valence-electron chi connectivity index (χ2n) is 3.45. The van der Waals surface area contributed by atoms with E-state index in [0.29, 0.717) is 11.3 Å². The van der Waals surface area contributed by atoms with E-state index in [0.717, 1.165) is 5.69 Å². The Morgan fingerprint density at radius 2 is 2.12 bits per heavy atom. The highest BCUT2D eigenvalue weighted by molar-refractivity contribution is 5.95. The van der Waals surface area contributed by atoms with Crippen molar-refractivity contribution in [3.8, 4) is 5.69 Å². The number of aromatic nitrogens is 3. The van der Waals surface area contributed by atoms with E-state index in [-0.39, 0.29) is 5.78 Å². The van der Waals surface area contributed by atoms with Crippen LogP contribution in [0.4, 0.5) is 4.39 Å². The van der Waals surface area contributed by atoms with Crippen LogP contribution in [-0.4, -0.2) is 20.5 Å². The lowest BCUT2D eigenvalue weighted by atomic mass is 10.2. The standard InChI is InChI=1S/C11H10FN3O/c1-7-10(8(2)16)6-14-15(7)9-3-4-11(12)13-5-9/h3-6H,1-2H3. The fourth-order valence-corrected chi connectivity index (χ4v) is 1.51. The fourth-order valence-electron chi connectivity index (χ4n) is 1.51. The molecule has 2 aromatic heterocycles. The average molecular weight is 219 g/mol. The van der Waals surface area contributed by atoms with E-state index in [1.165, 1.54) is 25.4 Å². The van der Waals surface area contributed by atoms with E-state index in [9.17, 15) is 9.18 Å². The molecule has 0 aromatic carbocycles. The summed E-state index contributed by atoms with van der Waals surface area (Å²) in [7, 11) is 0. The molecular formula is C11H10FN3O. The van der Waals surface area contributed by atoms with Crippen molar-refractivity contribution in [1.82, 2.24) is 14.8 Å². The summed E-state index contributed by atoms with van der Waals surface area (Å²) in [6.45, 7) is 3.27. The first kappa shape index (κ1) is 10.5. The Balaban J connectivity index is 2.49. The van der Waals surface area contributed by atoms with Crippen molar-refractivity contribution >= 4 is 5.78 Å². The number of carbonyl (C=O) groups is 1. The molecule has 0 aliphatic rings. The molecule has 5 heteroatoms. The van der Waals surface area contributed by atoms with E-state index >= 15 is 0 Å². The molecule has 2 rings (SSSR count). The summed E-state index contributed by atoms with van der Waals surface area (Å²) < 4.78 is 14.2. The molecular weight excluding hydrogens is 209 g/mol. The number of rotatable bonds is 2. The molecule has 0 N–H and O–H groups in total. The van der Waals surface area contributed by atoms with E-state index in [1.54, 1.807) is 17.7 Å². The lowest BCUT2D eigenvalue weighted by Crippen LogP contribution is -2.01. The third-order valence-electron chi connectivity index (χ3n) is 2.35. The van der Waals surface area contributed by atoms with Gasteiger partial charge in [-0.25, -0.2) is 9.67 Å². The first-order chi connectivity index (χ1) is 7.59. The molecule has 0 saturated heterocycles. The Morgan fingerprint density at radius 1 is 1.38 bits per heavy atom. The van der Waals surface area contributed by atoms with Gasteiger partial charge in [-0.1, -0.05) is 0 Å². The zero-order valence-electron chi connectivity index (χ0n) is 8.94. The SMILES string of the molecule is CC(=O)c1cnn(-c2ccc(F)nc2)c1C. The number of carbonyl (C=O) groups excluding carboxylic acids is 1. The first-order valence-corrected chi connectivity index (χ1v) is 4.77. The molecule has 0 unspecified atom stereocenters. The summed E-state index contributed by atoms with van der Waals surface area (Å²) >= 11 is 0. The third kappa shape index (κ3) is 1.71. The van der Waals surface area contributed by atoms with Gasteiger partial charge < -0.3 is 0 Å². The summed E-state index contributed by atoms with van der Waals surface area (Å²) in [5.41, 5.74) is 1.91. The molecule has 0 fully saturated rings. The molecule has 0 spiro atoms. The van der Waals surface area contributed by atoms with Crippen LogP contribution in [0.25, 0.3) is 5.69 Å². The van der Waals surface area contributed by atoms with Gasteiger partial charge >= 0.3 is 0 Å². The number of nitrogens with zero attached hydrogens (tertiary/aromatic N) is 3. The summed E-state index contributed by atoms with van der Waals surface area (Å²) in [4.78, 5) is 14.8. The molecule has 16 heavy (non-hydrogen) atoms. The average Bonchev–Trinajstić information content (AvgIpc) is 2.61. The Kier molecular flexibility index (Phi) is 2.52. The molecule has 0 bridgehead atoms. The zero-order chi connectivity index (χ0) is 11.7. The fraction of sp³-hybridized carbons (Fsp3) is 0.182. The summed E-state index contributed by atoms with van der Waals surface area (Å²) in [5, 5.41) is 4.07. The zero-order valence-corrected chi connectivity index (χ0v) is 8.94. The monoisotopic (exact) mass is 219 g/mol. The normalized spacial score (nSPS) is 10.4. The minimum atomic E-state index is -0.541. The smallest absolute Gasteiger partial charge is 0.212 e. The largest absolute Gasteiger partial charge is 0.294 e. The van der Waals surface area contributed by atoms with Gasteiger partial charge in [-0.15, -0.1) is 0 Å². The third-order valence-corrected chi connectivity index (χ3v) is 2.35. The van der Waals surface area contributed by atoms with Crippen molar-refractivity contribution in [2.45, 2.75) is 13.8 Å². The first-order valence-electron chi connectivity index (χ1n) is 4.77. The van der Waals surface area contributed by atoms with Gasteiger partial charge in [0.1, 0.15) is 0 Å². The molecule has 0 aliphatic heterocycles. The van der Waals surface area contributed by atoms with Gasteiger partial charge in [0.05, 0.1) is 29.3 Å². The van der Waals surface area contributed by atoms with Gasteiger partial charge in [0.25, 0.3) is 0 Å². The minimum absolute atomic E-state index is 0.0428. The molecule has 0 radical (unpaired) electrons. The van der Waals surface area contributed by atoms with Crippen LogP contribution in [0.5, 0.6) is 0 Å². The number of ketones is 1. The molecule has 0 atom stereocenters. The van der Waals surface area contributed by atoms with Gasteiger partial charge in [0, 0.05) is 0 Å². The van der Waals surface area contributed by atoms with E-state index in [2.05, 4.69) is 10.1 Å².